The van der Waals surface area contributed by atoms with Gasteiger partial charge in [0.1, 0.15) is 18.0 Å². The molecule has 0 unspecified atom stereocenters. The number of pyridine rings is 1. The molecule has 0 fully saturated rings. The fourth-order valence-electron chi connectivity index (χ4n) is 1.27. The Balaban J connectivity index is 1.99. The van der Waals surface area contributed by atoms with E-state index in [-0.39, 0.29) is 0 Å². The highest BCUT2D eigenvalue weighted by Gasteiger charge is 1.97. The van der Waals surface area contributed by atoms with Crippen LogP contribution in [-0.2, 0) is 6.54 Å². The van der Waals surface area contributed by atoms with Crippen molar-refractivity contribution in [3.05, 3.63) is 42.5 Å². The minimum absolute atomic E-state index is 0.654. The molecule has 0 aliphatic rings. The van der Waals surface area contributed by atoms with E-state index in [9.17, 15) is 0 Å². The Bertz CT molecular complexity index is 443. The van der Waals surface area contributed by atoms with Gasteiger partial charge < -0.3 is 10.6 Å². The predicted octanol–water partition coefficient (Wildman–Crippen LogP) is 1.53. The molecule has 0 amide bonds. The van der Waals surface area contributed by atoms with E-state index in [2.05, 4.69) is 25.6 Å². The third-order valence-electron chi connectivity index (χ3n) is 2.10. The fraction of sp³-hybridized carbons (Fsp3) is 0.182. The van der Waals surface area contributed by atoms with Crippen LogP contribution in [0.3, 0.4) is 0 Å². The molecule has 5 nitrogen and oxygen atoms in total. The maximum Gasteiger partial charge on any atom is 0.131 e. The van der Waals surface area contributed by atoms with E-state index in [0.29, 0.717) is 6.54 Å². The summed E-state index contributed by atoms with van der Waals surface area (Å²) >= 11 is 0. The zero-order chi connectivity index (χ0) is 11.2. The zero-order valence-electron chi connectivity index (χ0n) is 9.01. The van der Waals surface area contributed by atoms with Gasteiger partial charge in [-0.1, -0.05) is 6.07 Å². The van der Waals surface area contributed by atoms with Crippen LogP contribution < -0.4 is 10.6 Å². The number of anilines is 2. The molecule has 2 N–H and O–H groups in total. The van der Waals surface area contributed by atoms with Crippen molar-refractivity contribution in [1.82, 2.24) is 15.0 Å². The van der Waals surface area contributed by atoms with Crippen molar-refractivity contribution in [2.45, 2.75) is 6.54 Å². The average Bonchev–Trinajstić information content (AvgIpc) is 2.38. The second-order valence-corrected chi connectivity index (χ2v) is 3.21. The lowest BCUT2D eigenvalue weighted by Crippen LogP contribution is -2.04. The van der Waals surface area contributed by atoms with Crippen LogP contribution >= 0.6 is 0 Å². The summed E-state index contributed by atoms with van der Waals surface area (Å²) in [5.74, 6) is 1.57. The zero-order valence-corrected chi connectivity index (χ0v) is 9.01. The second-order valence-electron chi connectivity index (χ2n) is 3.21. The smallest absolute Gasteiger partial charge is 0.131 e. The van der Waals surface area contributed by atoms with Gasteiger partial charge in [-0.25, -0.2) is 9.97 Å². The van der Waals surface area contributed by atoms with E-state index in [1.807, 2.05) is 31.3 Å². The van der Waals surface area contributed by atoms with Crippen molar-refractivity contribution in [3.8, 4) is 0 Å². The van der Waals surface area contributed by atoms with Gasteiger partial charge >= 0.3 is 0 Å². The summed E-state index contributed by atoms with van der Waals surface area (Å²) in [5.41, 5.74) is 0.979. The molecule has 2 heterocycles. The number of nitrogens with one attached hydrogen (secondary N) is 2. The molecule has 2 rings (SSSR count). The lowest BCUT2D eigenvalue weighted by Gasteiger charge is -2.05. The molecule has 0 spiro atoms. The van der Waals surface area contributed by atoms with Crippen LogP contribution in [0.25, 0.3) is 0 Å². The molecule has 0 aliphatic carbocycles. The van der Waals surface area contributed by atoms with Gasteiger partial charge in [0, 0.05) is 19.3 Å². The van der Waals surface area contributed by atoms with Crippen molar-refractivity contribution in [2.75, 3.05) is 17.7 Å². The molecule has 0 bridgehead atoms. The minimum atomic E-state index is 0.654. The van der Waals surface area contributed by atoms with Gasteiger partial charge in [-0.15, -0.1) is 0 Å². The van der Waals surface area contributed by atoms with Crippen LogP contribution in [0.5, 0.6) is 0 Å². The summed E-state index contributed by atoms with van der Waals surface area (Å²) in [6, 6.07) is 7.67. The number of aromatic nitrogens is 3. The Morgan fingerprint density at radius 1 is 1.12 bits per heavy atom. The monoisotopic (exact) mass is 215 g/mol. The average molecular weight is 215 g/mol. The summed E-state index contributed by atoms with van der Waals surface area (Å²) < 4.78 is 0. The Morgan fingerprint density at radius 3 is 2.75 bits per heavy atom. The van der Waals surface area contributed by atoms with E-state index >= 15 is 0 Å². The van der Waals surface area contributed by atoms with Gasteiger partial charge in [0.15, 0.2) is 0 Å². The van der Waals surface area contributed by atoms with Gasteiger partial charge in [0.25, 0.3) is 0 Å². The molecule has 82 valence electrons. The van der Waals surface area contributed by atoms with Crippen molar-refractivity contribution in [1.29, 1.82) is 0 Å². The molecule has 5 heteroatoms. The first-order valence-corrected chi connectivity index (χ1v) is 5.02. The molecule has 0 atom stereocenters. The number of hydrogen-bond acceptors (Lipinski definition) is 5. The van der Waals surface area contributed by atoms with E-state index in [1.54, 1.807) is 6.20 Å². The Morgan fingerprint density at radius 2 is 2.00 bits per heavy atom. The molecule has 2 aromatic rings. The molecule has 0 radical (unpaired) electrons. The summed E-state index contributed by atoms with van der Waals surface area (Å²) in [6.45, 7) is 0.654. The number of hydrogen-bond donors (Lipinski definition) is 2. The quantitative estimate of drug-likeness (QED) is 0.809. The molecule has 0 aromatic carbocycles. The third kappa shape index (κ3) is 2.66. The maximum absolute atomic E-state index is 4.21. The molecule has 2 aromatic heterocycles. The predicted molar refractivity (Wildman–Crippen MR) is 63.1 cm³/mol. The highest BCUT2D eigenvalue weighted by Crippen LogP contribution is 2.08. The van der Waals surface area contributed by atoms with Gasteiger partial charge in [0.2, 0.25) is 0 Å². The number of nitrogens with zero attached hydrogens (tertiary/aromatic N) is 3. The lowest BCUT2D eigenvalue weighted by atomic mass is 10.3. The van der Waals surface area contributed by atoms with Crippen molar-refractivity contribution in [2.24, 2.45) is 0 Å². The third-order valence-corrected chi connectivity index (χ3v) is 2.10. The SMILES string of the molecule is CNc1cc(NCc2ccccn2)ncn1. The Labute approximate surface area is 94.0 Å². The second kappa shape index (κ2) is 5.06. The van der Waals surface area contributed by atoms with Crippen LogP contribution in [0, 0.1) is 0 Å². The summed E-state index contributed by atoms with van der Waals surface area (Å²) in [7, 11) is 1.82. The standard InChI is InChI=1S/C11H13N5/c1-12-10-6-11(16-8-15-10)14-7-9-4-2-3-5-13-9/h2-6,8H,7H2,1H3,(H2,12,14,15,16). The lowest BCUT2D eigenvalue weighted by molar-refractivity contribution is 1.02. The van der Waals surface area contributed by atoms with Crippen LogP contribution in [-0.4, -0.2) is 22.0 Å². The van der Waals surface area contributed by atoms with Gasteiger partial charge in [-0.05, 0) is 12.1 Å². The normalized spacial score (nSPS) is 9.81. The first-order valence-electron chi connectivity index (χ1n) is 5.02. The highest BCUT2D eigenvalue weighted by atomic mass is 15.1. The largest absolute Gasteiger partial charge is 0.373 e. The van der Waals surface area contributed by atoms with E-state index in [4.69, 9.17) is 0 Å². The van der Waals surface area contributed by atoms with Crippen molar-refractivity contribution >= 4 is 11.6 Å². The first-order chi connectivity index (χ1) is 7.88. The molecular formula is C11H13N5. The van der Waals surface area contributed by atoms with Crippen molar-refractivity contribution < 1.29 is 0 Å². The van der Waals surface area contributed by atoms with Crippen LogP contribution in [0.2, 0.25) is 0 Å². The van der Waals surface area contributed by atoms with Crippen molar-refractivity contribution in [3.63, 3.8) is 0 Å². The Hall–Kier alpha value is -2.17. The Kier molecular flexibility index (Phi) is 3.28. The molecule has 0 aliphatic heterocycles. The van der Waals surface area contributed by atoms with Crippen LogP contribution in [0.15, 0.2) is 36.8 Å². The fourth-order valence-corrected chi connectivity index (χ4v) is 1.27. The summed E-state index contributed by atoms with van der Waals surface area (Å²) in [4.78, 5) is 12.4. The van der Waals surface area contributed by atoms with Gasteiger partial charge in [0.05, 0.1) is 12.2 Å². The first kappa shape index (κ1) is 10.4. The molecule has 0 saturated heterocycles. The summed E-state index contributed by atoms with van der Waals surface area (Å²) in [5, 5.41) is 6.14. The highest BCUT2D eigenvalue weighted by molar-refractivity contribution is 5.45. The van der Waals surface area contributed by atoms with Crippen LogP contribution in [0.4, 0.5) is 11.6 Å². The van der Waals surface area contributed by atoms with E-state index in [0.717, 1.165) is 17.3 Å². The molecular weight excluding hydrogens is 202 g/mol. The number of rotatable bonds is 4. The minimum Gasteiger partial charge on any atom is -0.373 e. The van der Waals surface area contributed by atoms with Gasteiger partial charge in [-0.3, -0.25) is 4.98 Å². The topological polar surface area (TPSA) is 62.7 Å². The summed E-state index contributed by atoms with van der Waals surface area (Å²) in [6.07, 6.45) is 3.29. The molecule has 0 saturated carbocycles. The van der Waals surface area contributed by atoms with Crippen LogP contribution in [0.1, 0.15) is 5.69 Å². The van der Waals surface area contributed by atoms with E-state index in [1.165, 1.54) is 6.33 Å². The molecule has 16 heavy (non-hydrogen) atoms. The van der Waals surface area contributed by atoms with Gasteiger partial charge in [-0.2, -0.15) is 0 Å². The van der Waals surface area contributed by atoms with E-state index < -0.39 is 0 Å². The maximum atomic E-state index is 4.21.